The SMILES string of the molecule is CC(Nc1nc(N)nc2ccccc12)c1ccncc1. The fourth-order valence-corrected chi connectivity index (χ4v) is 2.15. The minimum Gasteiger partial charge on any atom is -0.368 e. The van der Waals surface area contributed by atoms with Crippen LogP contribution in [0.5, 0.6) is 0 Å². The largest absolute Gasteiger partial charge is 0.368 e. The van der Waals surface area contributed by atoms with Crippen LogP contribution in [-0.2, 0) is 0 Å². The first kappa shape index (κ1) is 12.3. The Balaban J connectivity index is 1.98. The molecule has 0 aliphatic rings. The molecule has 0 aliphatic heterocycles. The smallest absolute Gasteiger partial charge is 0.222 e. The summed E-state index contributed by atoms with van der Waals surface area (Å²) < 4.78 is 0. The van der Waals surface area contributed by atoms with E-state index in [1.54, 1.807) is 12.4 Å². The van der Waals surface area contributed by atoms with Gasteiger partial charge in [0, 0.05) is 17.8 Å². The molecule has 100 valence electrons. The van der Waals surface area contributed by atoms with Crippen molar-refractivity contribution in [3.8, 4) is 0 Å². The lowest BCUT2D eigenvalue weighted by molar-refractivity contribution is 0.873. The molecule has 0 saturated carbocycles. The fourth-order valence-electron chi connectivity index (χ4n) is 2.15. The maximum Gasteiger partial charge on any atom is 0.222 e. The molecule has 3 aromatic rings. The Hall–Kier alpha value is -2.69. The van der Waals surface area contributed by atoms with Crippen LogP contribution >= 0.6 is 0 Å². The summed E-state index contributed by atoms with van der Waals surface area (Å²) in [5, 5.41) is 4.34. The number of nitrogens with zero attached hydrogens (tertiary/aromatic N) is 3. The number of fused-ring (bicyclic) bond motifs is 1. The van der Waals surface area contributed by atoms with Crippen LogP contribution in [0, 0.1) is 0 Å². The number of hydrogen-bond donors (Lipinski definition) is 2. The summed E-state index contributed by atoms with van der Waals surface area (Å²) in [4.78, 5) is 12.6. The van der Waals surface area contributed by atoms with Crippen LogP contribution in [0.3, 0.4) is 0 Å². The van der Waals surface area contributed by atoms with Crippen LogP contribution in [0.2, 0.25) is 0 Å². The van der Waals surface area contributed by atoms with Crippen LogP contribution in [0.4, 0.5) is 11.8 Å². The van der Waals surface area contributed by atoms with E-state index in [2.05, 4.69) is 27.2 Å². The number of aromatic nitrogens is 3. The van der Waals surface area contributed by atoms with Gasteiger partial charge in [-0.15, -0.1) is 0 Å². The van der Waals surface area contributed by atoms with E-state index in [4.69, 9.17) is 5.73 Å². The highest BCUT2D eigenvalue weighted by Gasteiger charge is 2.10. The standard InChI is InChI=1S/C15H15N5/c1-10(11-6-8-17-9-7-11)18-14-12-4-2-3-5-13(12)19-15(16)20-14/h2-10H,1H3,(H3,16,18,19,20). The quantitative estimate of drug-likeness (QED) is 0.761. The lowest BCUT2D eigenvalue weighted by Crippen LogP contribution is -2.10. The highest BCUT2D eigenvalue weighted by molar-refractivity contribution is 5.89. The van der Waals surface area contributed by atoms with Crippen molar-refractivity contribution in [1.29, 1.82) is 0 Å². The molecule has 0 aliphatic carbocycles. The third kappa shape index (κ3) is 2.38. The molecule has 3 N–H and O–H groups in total. The molecule has 20 heavy (non-hydrogen) atoms. The zero-order valence-electron chi connectivity index (χ0n) is 11.1. The Bertz CT molecular complexity index is 727. The third-order valence-electron chi connectivity index (χ3n) is 3.18. The Morgan fingerprint density at radius 3 is 2.60 bits per heavy atom. The Morgan fingerprint density at radius 1 is 1.05 bits per heavy atom. The van der Waals surface area contributed by atoms with Crippen molar-refractivity contribution in [3.63, 3.8) is 0 Å². The second-order valence-electron chi connectivity index (χ2n) is 4.59. The summed E-state index contributed by atoms with van der Waals surface area (Å²) >= 11 is 0. The van der Waals surface area contributed by atoms with E-state index >= 15 is 0 Å². The van der Waals surface area contributed by atoms with Crippen molar-refractivity contribution >= 4 is 22.7 Å². The van der Waals surface area contributed by atoms with Crippen LogP contribution in [0.15, 0.2) is 48.8 Å². The number of hydrogen-bond acceptors (Lipinski definition) is 5. The average Bonchev–Trinajstić information content (AvgIpc) is 2.48. The highest BCUT2D eigenvalue weighted by atomic mass is 15.1. The molecular formula is C15H15N5. The number of benzene rings is 1. The number of para-hydroxylation sites is 1. The van der Waals surface area contributed by atoms with Gasteiger partial charge in [0.15, 0.2) is 0 Å². The van der Waals surface area contributed by atoms with Gasteiger partial charge in [0.25, 0.3) is 0 Å². The van der Waals surface area contributed by atoms with E-state index in [0.29, 0.717) is 0 Å². The molecule has 5 nitrogen and oxygen atoms in total. The van der Waals surface area contributed by atoms with E-state index in [1.165, 1.54) is 0 Å². The zero-order chi connectivity index (χ0) is 13.9. The lowest BCUT2D eigenvalue weighted by Gasteiger charge is -2.16. The second kappa shape index (κ2) is 5.13. The number of nitrogens with two attached hydrogens (primary N) is 1. The van der Waals surface area contributed by atoms with Gasteiger partial charge in [-0.25, -0.2) is 4.98 Å². The van der Waals surface area contributed by atoms with E-state index in [9.17, 15) is 0 Å². The summed E-state index contributed by atoms with van der Waals surface area (Å²) in [7, 11) is 0. The number of rotatable bonds is 3. The Kier molecular flexibility index (Phi) is 3.16. The molecule has 2 aromatic heterocycles. The van der Waals surface area contributed by atoms with Crippen LogP contribution in [0.1, 0.15) is 18.5 Å². The van der Waals surface area contributed by atoms with Gasteiger partial charge in [0.2, 0.25) is 5.95 Å². The van der Waals surface area contributed by atoms with Crippen molar-refractivity contribution in [2.45, 2.75) is 13.0 Å². The van der Waals surface area contributed by atoms with Crippen molar-refractivity contribution < 1.29 is 0 Å². The summed E-state index contributed by atoms with van der Waals surface area (Å²) in [5.41, 5.74) is 7.74. The summed E-state index contributed by atoms with van der Waals surface area (Å²) in [6.07, 6.45) is 3.56. The molecule has 0 spiro atoms. The predicted octanol–water partition coefficient (Wildman–Crippen LogP) is 2.78. The van der Waals surface area contributed by atoms with Gasteiger partial charge < -0.3 is 11.1 Å². The van der Waals surface area contributed by atoms with Crippen molar-refractivity contribution in [1.82, 2.24) is 15.0 Å². The van der Waals surface area contributed by atoms with Crippen LogP contribution in [-0.4, -0.2) is 15.0 Å². The molecule has 3 rings (SSSR count). The number of pyridine rings is 1. The Labute approximate surface area is 116 Å². The summed E-state index contributed by atoms with van der Waals surface area (Å²) in [5.74, 6) is 1.02. The highest BCUT2D eigenvalue weighted by Crippen LogP contribution is 2.24. The van der Waals surface area contributed by atoms with Gasteiger partial charge in [0.1, 0.15) is 5.82 Å². The van der Waals surface area contributed by atoms with Crippen molar-refractivity contribution in [3.05, 3.63) is 54.4 Å². The number of anilines is 2. The van der Waals surface area contributed by atoms with Gasteiger partial charge in [-0.1, -0.05) is 12.1 Å². The molecule has 0 amide bonds. The molecule has 0 radical (unpaired) electrons. The van der Waals surface area contributed by atoms with Crippen LogP contribution in [0.25, 0.3) is 10.9 Å². The predicted molar refractivity (Wildman–Crippen MR) is 80.2 cm³/mol. The number of nitrogen functional groups attached to an aromatic ring is 1. The summed E-state index contributed by atoms with van der Waals surface area (Å²) in [6, 6.07) is 11.9. The molecule has 0 saturated heterocycles. The molecular weight excluding hydrogens is 250 g/mol. The van der Waals surface area contributed by atoms with E-state index in [0.717, 1.165) is 22.3 Å². The molecule has 1 atom stereocenters. The average molecular weight is 265 g/mol. The maximum absolute atomic E-state index is 5.77. The molecule has 0 fully saturated rings. The zero-order valence-corrected chi connectivity index (χ0v) is 11.1. The second-order valence-corrected chi connectivity index (χ2v) is 4.59. The third-order valence-corrected chi connectivity index (χ3v) is 3.18. The molecule has 5 heteroatoms. The van der Waals surface area contributed by atoms with E-state index < -0.39 is 0 Å². The first-order chi connectivity index (χ1) is 9.74. The molecule has 1 aromatic carbocycles. The number of nitrogens with one attached hydrogen (secondary N) is 1. The molecule has 2 heterocycles. The normalized spacial score (nSPS) is 12.2. The van der Waals surface area contributed by atoms with Gasteiger partial charge in [-0.3, -0.25) is 4.98 Å². The minimum absolute atomic E-state index is 0.107. The van der Waals surface area contributed by atoms with E-state index in [1.807, 2.05) is 36.4 Å². The van der Waals surface area contributed by atoms with Crippen molar-refractivity contribution in [2.24, 2.45) is 0 Å². The fraction of sp³-hybridized carbons (Fsp3) is 0.133. The first-order valence-electron chi connectivity index (χ1n) is 6.43. The van der Waals surface area contributed by atoms with Crippen molar-refractivity contribution in [2.75, 3.05) is 11.1 Å². The first-order valence-corrected chi connectivity index (χ1v) is 6.43. The van der Waals surface area contributed by atoms with E-state index in [-0.39, 0.29) is 12.0 Å². The monoisotopic (exact) mass is 265 g/mol. The topological polar surface area (TPSA) is 76.7 Å². The summed E-state index contributed by atoms with van der Waals surface area (Å²) in [6.45, 7) is 2.07. The van der Waals surface area contributed by atoms with Gasteiger partial charge in [0.05, 0.1) is 11.6 Å². The maximum atomic E-state index is 5.77. The Morgan fingerprint density at radius 2 is 1.80 bits per heavy atom. The van der Waals surface area contributed by atoms with Gasteiger partial charge in [-0.2, -0.15) is 4.98 Å². The molecule has 0 bridgehead atoms. The van der Waals surface area contributed by atoms with Gasteiger partial charge >= 0.3 is 0 Å². The van der Waals surface area contributed by atoms with Crippen LogP contribution < -0.4 is 11.1 Å². The molecule has 1 unspecified atom stereocenters. The lowest BCUT2D eigenvalue weighted by atomic mass is 10.1. The van der Waals surface area contributed by atoms with Gasteiger partial charge in [-0.05, 0) is 36.8 Å². The minimum atomic E-state index is 0.107.